The summed E-state index contributed by atoms with van der Waals surface area (Å²) >= 11 is 0. The molecule has 0 amide bonds. The fourth-order valence-corrected chi connectivity index (χ4v) is 14.1. The van der Waals surface area contributed by atoms with Gasteiger partial charge in [0.2, 0.25) is 12.6 Å². The van der Waals surface area contributed by atoms with E-state index in [2.05, 4.69) is 109 Å². The van der Waals surface area contributed by atoms with Crippen molar-refractivity contribution in [1.29, 1.82) is 0 Å². The molecule has 3 heterocycles. The van der Waals surface area contributed by atoms with Crippen molar-refractivity contribution in [2.75, 3.05) is 13.2 Å². The highest BCUT2D eigenvalue weighted by Gasteiger charge is 2.60. The lowest BCUT2D eigenvalue weighted by Gasteiger charge is -2.53. The standard InChI is InChI=1S/C48H86O16P2Si4/c1-45(2,3)67(13,14)61-39-37-35(57-43(55-33-27-23-21-24-28-33)41(39)63-69(17,18)47(7,8)9)31-53-66(51,52)60-38-36(32-54-65(49,50)59-37)58-44(56-34-29-25-22-26-30-34)42(64-70(19,20)48(10,11)12)40(38)62-68(15,16)46(4,5)6/h21-30,35-44H,31-32H2,1-20H3,(H,49,50)(H,51,52)/t35-,36-,37-,38-,39+,40+,41-,42-,43-,44-/m1/s1. The van der Waals surface area contributed by atoms with Crippen LogP contribution in [0.4, 0.5) is 0 Å². The fraction of sp³-hybridized carbons (Fsp3) is 0.750. The summed E-state index contributed by atoms with van der Waals surface area (Å²) in [6.07, 6.45) is -12.6. The van der Waals surface area contributed by atoms with Crippen molar-refractivity contribution < 1.29 is 73.7 Å². The molecule has 16 nitrogen and oxygen atoms in total. The molecule has 2 aromatic rings. The SMILES string of the molecule is CC(C)(C)[Si](C)(C)O[C@@H]1[C@@H](O[Si](C)(C)C(C)(C)C)[C@H](Oc2ccccc2)O[C@@H]2COP(=O)(O)O[C@H]3[C@H](O[Si](C)(C)C(C)(C)C)[C@@H](O[Si](C)(C)C(C)(C)C)[C@H](Oc4ccccc4)O[C@@H]3COP(=O)(O)O[C@@H]12. The van der Waals surface area contributed by atoms with Crippen molar-refractivity contribution in [2.45, 2.75) is 217 Å². The van der Waals surface area contributed by atoms with Crippen molar-refractivity contribution in [3.05, 3.63) is 60.7 Å². The van der Waals surface area contributed by atoms with E-state index < -0.39 is 124 Å². The normalized spacial score (nSPS) is 32.7. The molecule has 2 aromatic carbocycles. The Bertz CT molecular complexity index is 1970. The van der Waals surface area contributed by atoms with Crippen LogP contribution in [0.15, 0.2) is 60.7 Å². The highest BCUT2D eigenvalue weighted by atomic mass is 31.2. The van der Waals surface area contributed by atoms with Crippen LogP contribution < -0.4 is 9.47 Å². The Morgan fingerprint density at radius 2 is 0.714 bits per heavy atom. The smallest absolute Gasteiger partial charge is 0.462 e. The zero-order chi connectivity index (χ0) is 52.9. The first kappa shape index (κ1) is 59.8. The van der Waals surface area contributed by atoms with Crippen LogP contribution in [0.3, 0.4) is 0 Å². The van der Waals surface area contributed by atoms with Crippen molar-refractivity contribution in [1.82, 2.24) is 0 Å². The molecule has 2 N–H and O–H groups in total. The molecule has 3 saturated heterocycles. The predicted molar refractivity (Wildman–Crippen MR) is 281 cm³/mol. The number of hydrogen-bond acceptors (Lipinski definition) is 14. The average molecular weight is 1090 g/mol. The lowest BCUT2D eigenvalue weighted by Crippen LogP contribution is -2.67. The first-order valence-corrected chi connectivity index (χ1v) is 39.1. The van der Waals surface area contributed by atoms with E-state index in [-0.39, 0.29) is 20.2 Å². The third-order valence-electron chi connectivity index (χ3n) is 15.4. The van der Waals surface area contributed by atoms with Crippen LogP contribution in [0.5, 0.6) is 11.5 Å². The molecule has 0 bridgehead atoms. The van der Waals surface area contributed by atoms with E-state index in [1.54, 1.807) is 24.3 Å². The maximum absolute atomic E-state index is 14.8. The minimum Gasteiger partial charge on any atom is -0.462 e. The molecular formula is C48H86O16P2Si4. The predicted octanol–water partition coefficient (Wildman–Crippen LogP) is 12.2. The van der Waals surface area contributed by atoms with Crippen molar-refractivity contribution in [2.24, 2.45) is 0 Å². The van der Waals surface area contributed by atoms with Crippen molar-refractivity contribution in [3.63, 3.8) is 0 Å². The molecule has 2 unspecified atom stereocenters. The summed E-state index contributed by atoms with van der Waals surface area (Å²) in [6, 6.07) is 18.0. The first-order valence-electron chi connectivity index (χ1n) is 24.4. The number of fused-ring (bicyclic) bond motifs is 2. The van der Waals surface area contributed by atoms with Crippen LogP contribution in [-0.4, -0.2) is 118 Å². The monoisotopic (exact) mass is 1090 g/mol. The van der Waals surface area contributed by atoms with Gasteiger partial charge in [-0.15, -0.1) is 0 Å². The van der Waals surface area contributed by atoms with Gasteiger partial charge in [-0.05, 0) is 96.8 Å². The molecule has 0 radical (unpaired) electrons. The molecule has 22 heteroatoms. The molecule has 3 aliphatic heterocycles. The van der Waals surface area contributed by atoms with Gasteiger partial charge < -0.3 is 46.4 Å². The maximum Gasteiger partial charge on any atom is 0.472 e. The second-order valence-electron chi connectivity index (χ2n) is 25.0. The van der Waals surface area contributed by atoms with Crippen LogP contribution in [0.1, 0.15) is 83.1 Å². The van der Waals surface area contributed by atoms with Gasteiger partial charge in [0.05, 0.1) is 13.2 Å². The largest absolute Gasteiger partial charge is 0.472 e. The van der Waals surface area contributed by atoms with Crippen LogP contribution in [0.2, 0.25) is 72.5 Å². The molecule has 400 valence electrons. The zero-order valence-corrected chi connectivity index (χ0v) is 51.3. The zero-order valence-electron chi connectivity index (χ0n) is 45.5. The Morgan fingerprint density at radius 1 is 0.457 bits per heavy atom. The maximum atomic E-state index is 14.8. The summed E-state index contributed by atoms with van der Waals surface area (Å²) in [5, 5.41) is -1.35. The molecule has 0 aliphatic carbocycles. The summed E-state index contributed by atoms with van der Waals surface area (Å²) < 4.78 is 109. The molecule has 0 aromatic heterocycles. The number of phosphoric ester groups is 2. The molecule has 0 saturated carbocycles. The van der Waals surface area contributed by atoms with Gasteiger partial charge in [-0.2, -0.15) is 0 Å². The quantitative estimate of drug-likeness (QED) is 0.151. The third-order valence-corrected chi connectivity index (χ3v) is 35.3. The van der Waals surface area contributed by atoms with Gasteiger partial charge in [0.15, 0.2) is 33.3 Å². The lowest BCUT2D eigenvalue weighted by molar-refractivity contribution is -0.276. The van der Waals surface area contributed by atoms with Gasteiger partial charge in [-0.3, -0.25) is 18.1 Å². The Balaban J connectivity index is 1.68. The number of rotatable bonds is 12. The van der Waals surface area contributed by atoms with Gasteiger partial charge >= 0.3 is 15.6 Å². The second-order valence-corrected chi connectivity index (χ2v) is 46.8. The van der Waals surface area contributed by atoms with E-state index in [0.717, 1.165) is 0 Å². The summed E-state index contributed by atoms with van der Waals surface area (Å²) in [7, 11) is -21.4. The molecule has 3 fully saturated rings. The van der Waals surface area contributed by atoms with Gasteiger partial charge in [-0.25, -0.2) is 9.13 Å². The van der Waals surface area contributed by atoms with Crippen LogP contribution in [0, 0.1) is 0 Å². The molecule has 5 rings (SSSR count). The Labute approximate surface area is 423 Å². The van der Waals surface area contributed by atoms with Gasteiger partial charge in [0.1, 0.15) is 60.3 Å². The average Bonchev–Trinajstić information content (AvgIpc) is 3.19. The van der Waals surface area contributed by atoms with Crippen LogP contribution >= 0.6 is 15.6 Å². The molecule has 3 aliphatic rings. The lowest BCUT2D eigenvalue weighted by atomic mass is 9.99. The molecular weight excluding hydrogens is 1010 g/mol. The molecule has 0 spiro atoms. The summed E-state index contributed by atoms with van der Waals surface area (Å²) in [6.45, 7) is 40.1. The fourth-order valence-electron chi connectivity index (χ4n) is 7.03. The first-order chi connectivity index (χ1) is 31.7. The van der Waals surface area contributed by atoms with Crippen LogP contribution in [0.25, 0.3) is 0 Å². The van der Waals surface area contributed by atoms with Crippen LogP contribution in [-0.2, 0) is 54.4 Å². The van der Waals surface area contributed by atoms with E-state index in [0.29, 0.717) is 11.5 Å². The van der Waals surface area contributed by atoms with E-state index in [4.69, 9.17) is 54.7 Å². The Hall–Kier alpha value is -1.11. The van der Waals surface area contributed by atoms with Gasteiger partial charge in [0, 0.05) is 0 Å². The molecule has 70 heavy (non-hydrogen) atoms. The van der Waals surface area contributed by atoms with E-state index >= 15 is 0 Å². The van der Waals surface area contributed by atoms with Crippen molar-refractivity contribution >= 4 is 48.9 Å². The highest BCUT2D eigenvalue weighted by molar-refractivity contribution is 7.47. The van der Waals surface area contributed by atoms with Gasteiger partial charge in [0.25, 0.3) is 0 Å². The molecule has 12 atom stereocenters. The number of hydrogen-bond donors (Lipinski definition) is 2. The summed E-state index contributed by atoms with van der Waals surface area (Å²) in [5.74, 6) is 0.895. The van der Waals surface area contributed by atoms with E-state index in [1.165, 1.54) is 0 Å². The Kier molecular flexibility index (Phi) is 18.3. The highest BCUT2D eigenvalue weighted by Crippen LogP contribution is 2.55. The summed E-state index contributed by atoms with van der Waals surface area (Å²) in [4.78, 5) is 24.0. The van der Waals surface area contributed by atoms with Gasteiger partial charge in [-0.1, -0.05) is 119 Å². The minimum absolute atomic E-state index is 0.311. The second kappa shape index (κ2) is 21.5. The summed E-state index contributed by atoms with van der Waals surface area (Å²) in [5.41, 5.74) is 0. The third kappa shape index (κ3) is 14.6. The number of benzene rings is 2. The number of ether oxygens (including phenoxy) is 4. The van der Waals surface area contributed by atoms with E-state index in [9.17, 15) is 18.9 Å². The topological polar surface area (TPSA) is 185 Å². The van der Waals surface area contributed by atoms with E-state index in [1.807, 2.05) is 62.6 Å². The number of phosphoric acid groups is 2. The minimum atomic E-state index is -5.16. The number of para-hydroxylation sites is 2. The van der Waals surface area contributed by atoms with Crippen molar-refractivity contribution in [3.8, 4) is 11.5 Å². The Morgan fingerprint density at radius 3 is 0.971 bits per heavy atom.